The van der Waals surface area contributed by atoms with E-state index in [2.05, 4.69) is 16.7 Å². The van der Waals surface area contributed by atoms with Gasteiger partial charge in [0, 0.05) is 4.88 Å². The SMILES string of the molecule is C=Nc1nc(C)c(C)s1. The van der Waals surface area contributed by atoms with Crippen molar-refractivity contribution >= 4 is 23.2 Å². The van der Waals surface area contributed by atoms with E-state index >= 15 is 0 Å². The molecule has 0 bridgehead atoms. The van der Waals surface area contributed by atoms with Gasteiger partial charge in [-0.15, -0.1) is 0 Å². The molecule has 48 valence electrons. The lowest BCUT2D eigenvalue weighted by molar-refractivity contribution is 1.22. The minimum atomic E-state index is 0.769. The molecule has 0 atom stereocenters. The summed E-state index contributed by atoms with van der Waals surface area (Å²) in [6, 6.07) is 0. The van der Waals surface area contributed by atoms with Crippen LogP contribution in [0.2, 0.25) is 0 Å². The molecular weight excluding hydrogens is 132 g/mol. The number of thiazole rings is 1. The van der Waals surface area contributed by atoms with E-state index in [1.54, 1.807) is 11.3 Å². The van der Waals surface area contributed by atoms with E-state index in [0.717, 1.165) is 10.8 Å². The summed E-state index contributed by atoms with van der Waals surface area (Å²) >= 11 is 1.57. The molecule has 1 rings (SSSR count). The second-order valence-corrected chi connectivity index (χ2v) is 2.98. The fourth-order valence-electron chi connectivity index (χ4n) is 0.523. The summed E-state index contributed by atoms with van der Waals surface area (Å²) < 4.78 is 0. The molecule has 0 amide bonds. The number of hydrogen-bond donors (Lipinski definition) is 0. The summed E-state index contributed by atoms with van der Waals surface area (Å²) in [4.78, 5) is 9.05. The Hall–Kier alpha value is -0.700. The van der Waals surface area contributed by atoms with Crippen molar-refractivity contribution in [2.45, 2.75) is 13.8 Å². The first-order valence-corrected chi connectivity index (χ1v) is 3.46. The summed E-state index contributed by atoms with van der Waals surface area (Å²) in [6.07, 6.45) is 0. The van der Waals surface area contributed by atoms with E-state index < -0.39 is 0 Å². The standard InChI is InChI=1S/C6H8N2S/c1-4-5(2)9-6(7-3)8-4/h3H2,1-2H3. The predicted molar refractivity (Wildman–Crippen MR) is 40.8 cm³/mol. The van der Waals surface area contributed by atoms with Crippen LogP contribution < -0.4 is 0 Å². The van der Waals surface area contributed by atoms with E-state index in [9.17, 15) is 0 Å². The summed E-state index contributed by atoms with van der Waals surface area (Å²) in [5, 5.41) is 0.769. The largest absolute Gasteiger partial charge is 0.236 e. The Morgan fingerprint density at radius 1 is 1.56 bits per heavy atom. The number of hydrogen-bond acceptors (Lipinski definition) is 3. The maximum atomic E-state index is 4.12. The number of aryl methyl sites for hydroxylation is 2. The smallest absolute Gasteiger partial charge is 0.208 e. The van der Waals surface area contributed by atoms with Crippen LogP contribution in [0.4, 0.5) is 5.13 Å². The fraction of sp³-hybridized carbons (Fsp3) is 0.333. The lowest BCUT2D eigenvalue weighted by Gasteiger charge is -1.77. The van der Waals surface area contributed by atoms with E-state index in [0.29, 0.717) is 0 Å². The van der Waals surface area contributed by atoms with Crippen LogP contribution in [-0.2, 0) is 0 Å². The first kappa shape index (κ1) is 6.42. The van der Waals surface area contributed by atoms with Crippen LogP contribution >= 0.6 is 11.3 Å². The van der Waals surface area contributed by atoms with Crippen molar-refractivity contribution in [1.29, 1.82) is 0 Å². The van der Waals surface area contributed by atoms with Crippen molar-refractivity contribution in [3.8, 4) is 0 Å². The van der Waals surface area contributed by atoms with Crippen molar-refractivity contribution in [2.24, 2.45) is 4.99 Å². The van der Waals surface area contributed by atoms with Crippen molar-refractivity contribution in [3.63, 3.8) is 0 Å². The average Bonchev–Trinajstić information content (AvgIpc) is 2.13. The van der Waals surface area contributed by atoms with E-state index in [1.807, 2.05) is 13.8 Å². The molecule has 0 aliphatic rings. The third kappa shape index (κ3) is 1.16. The highest BCUT2D eigenvalue weighted by Gasteiger charge is 1.98. The molecule has 0 aliphatic heterocycles. The van der Waals surface area contributed by atoms with Gasteiger partial charge in [0.05, 0.1) is 5.69 Å². The van der Waals surface area contributed by atoms with Crippen LogP contribution in [0.3, 0.4) is 0 Å². The molecule has 0 fully saturated rings. The number of rotatable bonds is 1. The number of aliphatic imine (C=N–C) groups is 1. The van der Waals surface area contributed by atoms with Gasteiger partial charge < -0.3 is 0 Å². The normalized spacial score (nSPS) is 9.56. The predicted octanol–water partition coefficient (Wildman–Crippen LogP) is 2.09. The molecule has 0 saturated carbocycles. The molecular formula is C6H8N2S. The fourth-order valence-corrected chi connectivity index (χ4v) is 1.24. The minimum Gasteiger partial charge on any atom is -0.236 e. The number of aromatic nitrogens is 1. The Bertz CT molecular complexity index is 207. The average molecular weight is 140 g/mol. The van der Waals surface area contributed by atoms with Gasteiger partial charge >= 0.3 is 0 Å². The molecule has 0 aliphatic carbocycles. The highest BCUT2D eigenvalue weighted by molar-refractivity contribution is 7.15. The first-order chi connectivity index (χ1) is 4.24. The van der Waals surface area contributed by atoms with Gasteiger partial charge in [-0.1, -0.05) is 11.3 Å². The molecule has 1 aromatic rings. The quantitative estimate of drug-likeness (QED) is 0.548. The molecule has 9 heavy (non-hydrogen) atoms. The van der Waals surface area contributed by atoms with Gasteiger partial charge in [0.1, 0.15) is 0 Å². The van der Waals surface area contributed by atoms with E-state index in [-0.39, 0.29) is 0 Å². The molecule has 0 aromatic carbocycles. The lowest BCUT2D eigenvalue weighted by atomic mass is 10.4. The Balaban J connectivity index is 3.11. The van der Waals surface area contributed by atoms with Crippen molar-refractivity contribution in [1.82, 2.24) is 4.98 Å². The molecule has 0 N–H and O–H groups in total. The molecule has 3 heteroatoms. The summed E-state index contributed by atoms with van der Waals surface area (Å²) in [6.45, 7) is 7.39. The van der Waals surface area contributed by atoms with Gasteiger partial charge in [0.25, 0.3) is 0 Å². The highest BCUT2D eigenvalue weighted by atomic mass is 32.1. The first-order valence-electron chi connectivity index (χ1n) is 2.65. The lowest BCUT2D eigenvalue weighted by Crippen LogP contribution is -1.69. The maximum absolute atomic E-state index is 4.12. The summed E-state index contributed by atoms with van der Waals surface area (Å²) in [7, 11) is 0. The van der Waals surface area contributed by atoms with Gasteiger partial charge in [-0.25, -0.2) is 9.98 Å². The Morgan fingerprint density at radius 3 is 2.44 bits per heavy atom. The van der Waals surface area contributed by atoms with E-state index in [1.165, 1.54) is 4.88 Å². The Kier molecular flexibility index (Phi) is 1.62. The highest BCUT2D eigenvalue weighted by Crippen LogP contribution is 2.22. The van der Waals surface area contributed by atoms with Gasteiger partial charge in [0.15, 0.2) is 0 Å². The number of nitrogens with zero attached hydrogens (tertiary/aromatic N) is 2. The van der Waals surface area contributed by atoms with Crippen molar-refractivity contribution in [3.05, 3.63) is 10.6 Å². The molecule has 1 aromatic heterocycles. The van der Waals surface area contributed by atoms with Crippen LogP contribution in [0.1, 0.15) is 10.6 Å². The van der Waals surface area contributed by atoms with Crippen LogP contribution in [0.25, 0.3) is 0 Å². The second kappa shape index (κ2) is 2.27. The van der Waals surface area contributed by atoms with Crippen LogP contribution in [-0.4, -0.2) is 11.7 Å². The Labute approximate surface area is 58.3 Å². The third-order valence-corrected chi connectivity index (χ3v) is 2.16. The summed E-state index contributed by atoms with van der Waals surface area (Å²) in [5.41, 5.74) is 1.06. The topological polar surface area (TPSA) is 25.2 Å². The molecule has 0 radical (unpaired) electrons. The third-order valence-electron chi connectivity index (χ3n) is 1.15. The van der Waals surface area contributed by atoms with Gasteiger partial charge in [-0.2, -0.15) is 0 Å². The maximum Gasteiger partial charge on any atom is 0.208 e. The zero-order chi connectivity index (χ0) is 6.85. The van der Waals surface area contributed by atoms with Crippen molar-refractivity contribution in [2.75, 3.05) is 0 Å². The minimum absolute atomic E-state index is 0.769. The van der Waals surface area contributed by atoms with Crippen LogP contribution in [0.5, 0.6) is 0 Å². The van der Waals surface area contributed by atoms with Crippen molar-refractivity contribution < 1.29 is 0 Å². The van der Waals surface area contributed by atoms with E-state index in [4.69, 9.17) is 0 Å². The molecule has 1 heterocycles. The monoisotopic (exact) mass is 140 g/mol. The second-order valence-electron chi connectivity index (χ2n) is 1.80. The Morgan fingerprint density at radius 2 is 2.22 bits per heavy atom. The zero-order valence-electron chi connectivity index (χ0n) is 5.51. The molecule has 0 unspecified atom stereocenters. The van der Waals surface area contributed by atoms with Gasteiger partial charge in [-0.3, -0.25) is 0 Å². The summed E-state index contributed by atoms with van der Waals surface area (Å²) in [5.74, 6) is 0. The molecule has 2 nitrogen and oxygen atoms in total. The molecule has 0 spiro atoms. The van der Waals surface area contributed by atoms with Crippen LogP contribution in [0, 0.1) is 13.8 Å². The van der Waals surface area contributed by atoms with Crippen LogP contribution in [0.15, 0.2) is 4.99 Å². The van der Waals surface area contributed by atoms with Gasteiger partial charge in [-0.05, 0) is 20.6 Å². The van der Waals surface area contributed by atoms with Gasteiger partial charge in [0.2, 0.25) is 5.13 Å². The zero-order valence-corrected chi connectivity index (χ0v) is 6.33. The molecule has 0 saturated heterocycles.